The van der Waals surface area contributed by atoms with Gasteiger partial charge in [0.2, 0.25) is 0 Å². The summed E-state index contributed by atoms with van der Waals surface area (Å²) in [6, 6.07) is 7.32. The van der Waals surface area contributed by atoms with Crippen LogP contribution in [0.25, 0.3) is 0 Å². The zero-order chi connectivity index (χ0) is 13.7. The van der Waals surface area contributed by atoms with Gasteiger partial charge in [0, 0.05) is 0 Å². The normalized spacial score (nSPS) is 16.3. The van der Waals surface area contributed by atoms with Crippen molar-refractivity contribution in [2.24, 2.45) is 0 Å². The van der Waals surface area contributed by atoms with Gasteiger partial charge in [-0.2, -0.15) is 0 Å². The highest BCUT2D eigenvalue weighted by Crippen LogP contribution is 2.30. The molecular weight excluding hydrogens is 216 g/mol. The number of hydrogen-bond donors (Lipinski definition) is 0. The molecule has 0 aromatic heterocycles. The third kappa shape index (κ3) is 3.60. The molecule has 1 rings (SSSR count). The Bertz CT molecular complexity index is 295. The van der Waals surface area contributed by atoms with E-state index < -0.39 is 0 Å². The second-order valence-electron chi connectivity index (χ2n) is 5.86. The van der Waals surface area contributed by atoms with Crippen molar-refractivity contribution in [1.82, 2.24) is 0 Å². The molecule has 0 aliphatic heterocycles. The molecular formula is C18H30. The summed E-state index contributed by atoms with van der Waals surface area (Å²) >= 11 is 0. The van der Waals surface area contributed by atoms with E-state index in [1.807, 2.05) is 0 Å². The van der Waals surface area contributed by atoms with Crippen LogP contribution < -0.4 is 0 Å². The molecule has 0 amide bonds. The van der Waals surface area contributed by atoms with Crippen LogP contribution in [0.15, 0.2) is 18.2 Å². The third-order valence-electron chi connectivity index (χ3n) is 4.54. The van der Waals surface area contributed by atoms with Gasteiger partial charge in [-0.1, -0.05) is 59.7 Å². The summed E-state index contributed by atoms with van der Waals surface area (Å²) < 4.78 is 0. The van der Waals surface area contributed by atoms with Crippen molar-refractivity contribution in [3.8, 4) is 0 Å². The quantitative estimate of drug-likeness (QED) is 0.558. The molecule has 0 aliphatic rings. The predicted octanol–water partition coefficient (Wildman–Crippen LogP) is 6.23. The number of hydrogen-bond acceptors (Lipinski definition) is 0. The summed E-state index contributed by atoms with van der Waals surface area (Å²) in [5, 5.41) is 0. The third-order valence-corrected chi connectivity index (χ3v) is 4.54. The lowest BCUT2D eigenvalue weighted by molar-refractivity contribution is 0.690. The molecule has 102 valence electrons. The van der Waals surface area contributed by atoms with Crippen molar-refractivity contribution in [1.29, 1.82) is 0 Å². The molecule has 0 bridgehead atoms. The summed E-state index contributed by atoms with van der Waals surface area (Å²) in [7, 11) is 0. The first-order chi connectivity index (χ1) is 8.53. The van der Waals surface area contributed by atoms with E-state index in [1.54, 1.807) is 0 Å². The van der Waals surface area contributed by atoms with Crippen LogP contribution in [0.5, 0.6) is 0 Å². The Morgan fingerprint density at radius 3 is 1.00 bits per heavy atom. The topological polar surface area (TPSA) is 0 Å². The molecule has 0 N–H and O–H groups in total. The van der Waals surface area contributed by atoms with E-state index >= 15 is 0 Å². The van der Waals surface area contributed by atoms with Crippen molar-refractivity contribution in [3.63, 3.8) is 0 Å². The molecule has 0 fully saturated rings. The fourth-order valence-electron chi connectivity index (χ4n) is 2.26. The van der Waals surface area contributed by atoms with Crippen molar-refractivity contribution >= 4 is 0 Å². The van der Waals surface area contributed by atoms with Gasteiger partial charge in [-0.15, -0.1) is 0 Å². The summed E-state index contributed by atoms with van der Waals surface area (Å²) in [5.41, 5.74) is 4.60. The Balaban J connectivity index is 3.19. The first kappa shape index (κ1) is 15.3. The SMILES string of the molecule is CC[C@H](C)c1cc([C@@H](C)CC)cc([C@@H](C)CC)c1. The molecule has 0 saturated heterocycles. The lowest BCUT2D eigenvalue weighted by Crippen LogP contribution is -2.01. The predicted molar refractivity (Wildman–Crippen MR) is 82.6 cm³/mol. The Morgan fingerprint density at radius 2 is 0.833 bits per heavy atom. The molecule has 3 atom stereocenters. The molecule has 0 saturated carbocycles. The zero-order valence-electron chi connectivity index (χ0n) is 13.1. The van der Waals surface area contributed by atoms with Crippen molar-refractivity contribution < 1.29 is 0 Å². The first-order valence-electron chi connectivity index (χ1n) is 7.68. The smallest absolute Gasteiger partial charge is 0.0193 e. The van der Waals surface area contributed by atoms with Crippen LogP contribution in [0.3, 0.4) is 0 Å². The number of benzene rings is 1. The number of rotatable bonds is 6. The first-order valence-corrected chi connectivity index (χ1v) is 7.68. The lowest BCUT2D eigenvalue weighted by Gasteiger charge is -2.19. The van der Waals surface area contributed by atoms with E-state index in [4.69, 9.17) is 0 Å². The maximum Gasteiger partial charge on any atom is -0.0193 e. The summed E-state index contributed by atoms with van der Waals surface area (Å²) in [5.74, 6) is 2.03. The standard InChI is InChI=1S/C18H30/c1-7-13(4)16-10-17(14(5)8-2)12-18(11-16)15(6)9-3/h10-15H,7-9H2,1-6H3/t13-,14-,15-/m0/s1. The van der Waals surface area contributed by atoms with Crippen LogP contribution in [0.4, 0.5) is 0 Å². The molecule has 1 aromatic rings. The fourth-order valence-corrected chi connectivity index (χ4v) is 2.26. The molecule has 18 heavy (non-hydrogen) atoms. The summed E-state index contributed by atoms with van der Waals surface area (Å²) in [6.07, 6.45) is 3.68. The largest absolute Gasteiger partial charge is 0.0648 e. The highest BCUT2D eigenvalue weighted by Gasteiger charge is 2.12. The van der Waals surface area contributed by atoms with Crippen LogP contribution >= 0.6 is 0 Å². The van der Waals surface area contributed by atoms with E-state index in [-0.39, 0.29) is 0 Å². The molecule has 0 heterocycles. The van der Waals surface area contributed by atoms with Crippen LogP contribution in [-0.2, 0) is 0 Å². The van der Waals surface area contributed by atoms with Crippen LogP contribution in [0.1, 0.15) is 95.2 Å². The Labute approximate surface area is 114 Å². The highest BCUT2D eigenvalue weighted by atomic mass is 14.2. The van der Waals surface area contributed by atoms with Gasteiger partial charge in [-0.05, 0) is 53.7 Å². The minimum Gasteiger partial charge on any atom is -0.0648 e. The molecule has 0 nitrogen and oxygen atoms in total. The Morgan fingerprint density at radius 1 is 0.611 bits per heavy atom. The summed E-state index contributed by atoms with van der Waals surface area (Å²) in [4.78, 5) is 0. The Kier molecular flexibility index (Phi) is 5.91. The van der Waals surface area contributed by atoms with E-state index in [2.05, 4.69) is 59.7 Å². The maximum absolute atomic E-state index is 2.44. The van der Waals surface area contributed by atoms with Gasteiger partial charge < -0.3 is 0 Å². The average Bonchev–Trinajstić information content (AvgIpc) is 2.43. The van der Waals surface area contributed by atoms with Crippen molar-refractivity contribution in [2.45, 2.75) is 78.6 Å². The van der Waals surface area contributed by atoms with E-state index in [0.29, 0.717) is 17.8 Å². The average molecular weight is 246 g/mol. The van der Waals surface area contributed by atoms with Crippen molar-refractivity contribution in [2.75, 3.05) is 0 Å². The van der Waals surface area contributed by atoms with Gasteiger partial charge in [-0.3, -0.25) is 0 Å². The lowest BCUT2D eigenvalue weighted by atomic mass is 9.86. The van der Waals surface area contributed by atoms with Gasteiger partial charge in [-0.25, -0.2) is 0 Å². The second kappa shape index (κ2) is 6.97. The van der Waals surface area contributed by atoms with E-state index in [0.717, 1.165) is 0 Å². The molecule has 0 aliphatic carbocycles. The van der Waals surface area contributed by atoms with Gasteiger partial charge in [0.25, 0.3) is 0 Å². The van der Waals surface area contributed by atoms with E-state index in [9.17, 15) is 0 Å². The van der Waals surface area contributed by atoms with E-state index in [1.165, 1.54) is 36.0 Å². The van der Waals surface area contributed by atoms with Gasteiger partial charge >= 0.3 is 0 Å². The van der Waals surface area contributed by atoms with Gasteiger partial charge in [0.15, 0.2) is 0 Å². The fraction of sp³-hybridized carbons (Fsp3) is 0.667. The van der Waals surface area contributed by atoms with Crippen LogP contribution in [0, 0.1) is 0 Å². The Hall–Kier alpha value is -0.780. The zero-order valence-corrected chi connectivity index (χ0v) is 13.1. The molecule has 0 spiro atoms. The molecule has 1 aromatic carbocycles. The minimum atomic E-state index is 0.678. The monoisotopic (exact) mass is 246 g/mol. The maximum atomic E-state index is 2.44. The van der Waals surface area contributed by atoms with Crippen LogP contribution in [-0.4, -0.2) is 0 Å². The minimum absolute atomic E-state index is 0.678. The highest BCUT2D eigenvalue weighted by molar-refractivity contribution is 5.35. The van der Waals surface area contributed by atoms with Gasteiger partial charge in [0.05, 0.1) is 0 Å². The molecule has 0 radical (unpaired) electrons. The molecule has 0 unspecified atom stereocenters. The molecule has 0 heteroatoms. The second-order valence-corrected chi connectivity index (χ2v) is 5.86. The van der Waals surface area contributed by atoms with Gasteiger partial charge in [0.1, 0.15) is 0 Å². The van der Waals surface area contributed by atoms with Crippen molar-refractivity contribution in [3.05, 3.63) is 34.9 Å². The summed E-state index contributed by atoms with van der Waals surface area (Å²) in [6.45, 7) is 13.9. The van der Waals surface area contributed by atoms with Crippen LogP contribution in [0.2, 0.25) is 0 Å².